The van der Waals surface area contributed by atoms with Crippen LogP contribution in [0.1, 0.15) is 31.7 Å². The van der Waals surface area contributed by atoms with E-state index in [1.807, 2.05) is 30.3 Å². The summed E-state index contributed by atoms with van der Waals surface area (Å²) in [5.41, 5.74) is 1.05. The van der Waals surface area contributed by atoms with Gasteiger partial charge in [0.1, 0.15) is 0 Å². The van der Waals surface area contributed by atoms with Crippen molar-refractivity contribution in [2.75, 3.05) is 19.8 Å². The van der Waals surface area contributed by atoms with E-state index in [4.69, 9.17) is 4.74 Å². The van der Waals surface area contributed by atoms with Crippen LogP contribution in [0.25, 0.3) is 0 Å². The highest BCUT2D eigenvalue weighted by molar-refractivity contribution is 5.78. The Labute approximate surface area is 110 Å². The normalized spacial score (nSPS) is 10.3. The van der Waals surface area contributed by atoms with Crippen LogP contribution in [-0.4, -0.2) is 25.7 Å². The maximum atomic E-state index is 11.6. The predicted molar refractivity (Wildman–Crippen MR) is 73.5 cm³/mol. The summed E-state index contributed by atoms with van der Waals surface area (Å²) >= 11 is 0. The third kappa shape index (κ3) is 7.07. The maximum absolute atomic E-state index is 11.6. The topological polar surface area (TPSA) is 38.3 Å². The van der Waals surface area contributed by atoms with Crippen molar-refractivity contribution in [3.8, 4) is 0 Å². The number of hydrogen-bond donors (Lipinski definition) is 1. The van der Waals surface area contributed by atoms with Gasteiger partial charge in [0.15, 0.2) is 0 Å². The van der Waals surface area contributed by atoms with Gasteiger partial charge in [0.2, 0.25) is 5.91 Å². The Balaban J connectivity index is 2.00. The number of nitrogens with one attached hydrogen (secondary N) is 1. The lowest BCUT2D eigenvalue weighted by molar-refractivity contribution is -0.120. The molecule has 0 atom stereocenters. The van der Waals surface area contributed by atoms with E-state index in [9.17, 15) is 4.79 Å². The zero-order valence-corrected chi connectivity index (χ0v) is 11.2. The van der Waals surface area contributed by atoms with Crippen molar-refractivity contribution in [3.63, 3.8) is 0 Å². The Morgan fingerprint density at radius 3 is 2.61 bits per heavy atom. The number of carbonyl (C=O) groups excluding carboxylic acids is 1. The number of amides is 1. The second-order valence-electron chi connectivity index (χ2n) is 4.33. The minimum atomic E-state index is 0.0785. The van der Waals surface area contributed by atoms with Gasteiger partial charge in [-0.05, 0) is 18.4 Å². The summed E-state index contributed by atoms with van der Waals surface area (Å²) in [6.07, 6.45) is 3.61. The molecule has 0 aromatic heterocycles. The average Bonchev–Trinajstić information content (AvgIpc) is 2.39. The molecule has 100 valence electrons. The van der Waals surface area contributed by atoms with E-state index in [1.165, 1.54) is 0 Å². The van der Waals surface area contributed by atoms with Crippen molar-refractivity contribution < 1.29 is 9.53 Å². The summed E-state index contributed by atoms with van der Waals surface area (Å²) in [5.74, 6) is 0.0785. The number of hydrogen-bond acceptors (Lipinski definition) is 2. The quantitative estimate of drug-likeness (QED) is 0.683. The molecule has 0 saturated carbocycles. The fourth-order valence-corrected chi connectivity index (χ4v) is 1.59. The molecule has 0 aliphatic carbocycles. The fourth-order valence-electron chi connectivity index (χ4n) is 1.59. The summed E-state index contributed by atoms with van der Waals surface area (Å²) in [7, 11) is 0. The summed E-state index contributed by atoms with van der Waals surface area (Å²) in [5, 5.41) is 2.90. The lowest BCUT2D eigenvalue weighted by Crippen LogP contribution is -2.26. The zero-order valence-electron chi connectivity index (χ0n) is 11.2. The first kappa shape index (κ1) is 14.7. The third-order valence-electron chi connectivity index (χ3n) is 2.64. The lowest BCUT2D eigenvalue weighted by atomic mass is 10.1. The van der Waals surface area contributed by atoms with Crippen LogP contribution in [0.2, 0.25) is 0 Å². The van der Waals surface area contributed by atoms with Crippen LogP contribution >= 0.6 is 0 Å². The smallest absolute Gasteiger partial charge is 0.224 e. The second kappa shape index (κ2) is 9.66. The number of rotatable bonds is 9. The summed E-state index contributed by atoms with van der Waals surface area (Å²) in [6, 6.07) is 9.78. The molecule has 1 N–H and O–H groups in total. The van der Waals surface area contributed by atoms with E-state index in [1.54, 1.807) is 0 Å². The SMILES string of the molecule is CCCCOCCCNC(=O)Cc1ccccc1. The molecule has 1 aromatic rings. The number of carbonyl (C=O) groups is 1. The first-order valence-electron chi connectivity index (χ1n) is 6.71. The van der Waals surface area contributed by atoms with Gasteiger partial charge in [0.25, 0.3) is 0 Å². The molecule has 1 amide bonds. The molecule has 0 spiro atoms. The minimum Gasteiger partial charge on any atom is -0.381 e. The minimum absolute atomic E-state index is 0.0785. The van der Waals surface area contributed by atoms with E-state index < -0.39 is 0 Å². The largest absolute Gasteiger partial charge is 0.381 e. The molecule has 0 aliphatic heterocycles. The monoisotopic (exact) mass is 249 g/mol. The number of ether oxygens (including phenoxy) is 1. The predicted octanol–water partition coefficient (Wildman–Crippen LogP) is 2.55. The van der Waals surface area contributed by atoms with Crippen LogP contribution in [0.4, 0.5) is 0 Å². The van der Waals surface area contributed by atoms with E-state index in [-0.39, 0.29) is 5.91 Å². The molecule has 1 rings (SSSR count). The van der Waals surface area contributed by atoms with Crippen LogP contribution in [-0.2, 0) is 16.0 Å². The molecule has 0 unspecified atom stereocenters. The van der Waals surface area contributed by atoms with Crippen molar-refractivity contribution in [2.45, 2.75) is 32.6 Å². The van der Waals surface area contributed by atoms with Crippen molar-refractivity contribution in [2.24, 2.45) is 0 Å². The first-order valence-corrected chi connectivity index (χ1v) is 6.71. The molecule has 0 saturated heterocycles. The highest BCUT2D eigenvalue weighted by Crippen LogP contribution is 1.99. The summed E-state index contributed by atoms with van der Waals surface area (Å²) in [6.45, 7) is 4.39. The molecule has 0 fully saturated rings. The van der Waals surface area contributed by atoms with Crippen molar-refractivity contribution in [1.29, 1.82) is 0 Å². The third-order valence-corrected chi connectivity index (χ3v) is 2.64. The highest BCUT2D eigenvalue weighted by atomic mass is 16.5. The summed E-state index contributed by atoms with van der Waals surface area (Å²) < 4.78 is 5.42. The number of unbranched alkanes of at least 4 members (excludes halogenated alkanes) is 1. The van der Waals surface area contributed by atoms with E-state index in [0.717, 1.165) is 38.0 Å². The Morgan fingerprint density at radius 1 is 1.17 bits per heavy atom. The Bertz CT molecular complexity index is 325. The molecule has 0 radical (unpaired) electrons. The molecular weight excluding hydrogens is 226 g/mol. The van der Waals surface area contributed by atoms with E-state index in [2.05, 4.69) is 12.2 Å². The van der Waals surface area contributed by atoms with Gasteiger partial charge in [0, 0.05) is 19.8 Å². The van der Waals surface area contributed by atoms with Gasteiger partial charge in [-0.15, -0.1) is 0 Å². The van der Waals surface area contributed by atoms with Crippen molar-refractivity contribution >= 4 is 5.91 Å². The van der Waals surface area contributed by atoms with Gasteiger partial charge in [-0.25, -0.2) is 0 Å². The fraction of sp³-hybridized carbons (Fsp3) is 0.533. The van der Waals surface area contributed by atoms with Crippen LogP contribution in [0.3, 0.4) is 0 Å². The van der Waals surface area contributed by atoms with E-state index >= 15 is 0 Å². The van der Waals surface area contributed by atoms with Gasteiger partial charge in [-0.1, -0.05) is 43.7 Å². The second-order valence-corrected chi connectivity index (χ2v) is 4.33. The van der Waals surface area contributed by atoms with Crippen molar-refractivity contribution in [1.82, 2.24) is 5.32 Å². The molecule has 0 heterocycles. The zero-order chi connectivity index (χ0) is 13.1. The van der Waals surface area contributed by atoms with Gasteiger partial charge in [-0.3, -0.25) is 4.79 Å². The standard InChI is InChI=1S/C15H23NO2/c1-2-3-11-18-12-7-10-16-15(17)13-14-8-5-4-6-9-14/h4-6,8-9H,2-3,7,10-13H2,1H3,(H,16,17). The molecule has 1 aromatic carbocycles. The van der Waals surface area contributed by atoms with Gasteiger partial charge >= 0.3 is 0 Å². The molecular formula is C15H23NO2. The van der Waals surface area contributed by atoms with Gasteiger partial charge < -0.3 is 10.1 Å². The highest BCUT2D eigenvalue weighted by Gasteiger charge is 2.01. The Kier molecular flexibility index (Phi) is 7.89. The number of benzene rings is 1. The van der Waals surface area contributed by atoms with Gasteiger partial charge in [0.05, 0.1) is 6.42 Å². The van der Waals surface area contributed by atoms with Crippen LogP contribution in [0, 0.1) is 0 Å². The van der Waals surface area contributed by atoms with Crippen molar-refractivity contribution in [3.05, 3.63) is 35.9 Å². The Hall–Kier alpha value is -1.35. The summed E-state index contributed by atoms with van der Waals surface area (Å²) in [4.78, 5) is 11.6. The first-order chi connectivity index (χ1) is 8.83. The lowest BCUT2D eigenvalue weighted by Gasteiger charge is -2.06. The molecule has 0 bridgehead atoms. The van der Waals surface area contributed by atoms with Crippen LogP contribution in [0.15, 0.2) is 30.3 Å². The molecule has 0 aliphatic rings. The molecule has 3 heteroatoms. The van der Waals surface area contributed by atoms with Crippen LogP contribution < -0.4 is 5.32 Å². The molecule has 3 nitrogen and oxygen atoms in total. The van der Waals surface area contributed by atoms with E-state index in [0.29, 0.717) is 13.0 Å². The molecule has 18 heavy (non-hydrogen) atoms. The van der Waals surface area contributed by atoms with Crippen LogP contribution in [0.5, 0.6) is 0 Å². The maximum Gasteiger partial charge on any atom is 0.224 e. The van der Waals surface area contributed by atoms with Gasteiger partial charge in [-0.2, -0.15) is 0 Å². The average molecular weight is 249 g/mol. The Morgan fingerprint density at radius 2 is 1.89 bits per heavy atom.